The van der Waals surface area contributed by atoms with Crippen LogP contribution >= 0.6 is 12.2 Å². The Kier molecular flexibility index (Phi) is 9.43. The zero-order valence-corrected chi connectivity index (χ0v) is 20.3. The third-order valence-electron chi connectivity index (χ3n) is 6.11. The van der Waals surface area contributed by atoms with Crippen LogP contribution < -0.4 is 10.6 Å². The van der Waals surface area contributed by atoms with Gasteiger partial charge in [-0.25, -0.2) is 4.79 Å². The molecule has 1 atom stereocenters. The van der Waals surface area contributed by atoms with Crippen LogP contribution in [0.1, 0.15) is 68.3 Å². The maximum Gasteiger partial charge on any atom is 0.408 e. The van der Waals surface area contributed by atoms with Crippen molar-refractivity contribution in [2.75, 3.05) is 5.32 Å². The molecule has 0 saturated heterocycles. The Hall–Kier alpha value is -2.73. The highest BCUT2D eigenvalue weighted by Crippen LogP contribution is 2.29. The van der Waals surface area contributed by atoms with Gasteiger partial charge in [-0.2, -0.15) is 0 Å². The molecule has 6 heteroatoms. The maximum atomic E-state index is 13.3. The second-order valence-electron chi connectivity index (χ2n) is 9.02. The Balaban J connectivity index is 1.65. The van der Waals surface area contributed by atoms with Crippen molar-refractivity contribution in [2.24, 2.45) is 11.8 Å². The van der Waals surface area contributed by atoms with E-state index in [9.17, 15) is 9.59 Å². The van der Waals surface area contributed by atoms with E-state index in [1.807, 2.05) is 68.4 Å². The number of alkyl carbamates (subject to hydrolysis) is 1. The molecule has 2 N–H and O–H groups in total. The van der Waals surface area contributed by atoms with Crippen molar-refractivity contribution in [3.63, 3.8) is 0 Å². The van der Waals surface area contributed by atoms with Gasteiger partial charge < -0.3 is 15.4 Å². The molecule has 33 heavy (non-hydrogen) atoms. The summed E-state index contributed by atoms with van der Waals surface area (Å²) in [6, 6.07) is 16.6. The summed E-state index contributed by atoms with van der Waals surface area (Å²) < 4.78 is 5.37. The van der Waals surface area contributed by atoms with Gasteiger partial charge in [0.25, 0.3) is 0 Å². The first-order valence-corrected chi connectivity index (χ1v) is 12.3. The molecular weight excluding hydrogens is 432 g/mol. The van der Waals surface area contributed by atoms with E-state index in [0.717, 1.165) is 31.2 Å². The highest BCUT2D eigenvalue weighted by Gasteiger charge is 2.26. The van der Waals surface area contributed by atoms with Gasteiger partial charge in [-0.05, 0) is 36.5 Å². The summed E-state index contributed by atoms with van der Waals surface area (Å²) in [5, 5.41) is 6.12. The van der Waals surface area contributed by atoms with E-state index in [1.165, 1.54) is 12.8 Å². The standard InChI is InChI=1S/C27H34N2O3S/c1-19(2)24(29-27(31)32-18-20-12-6-5-7-13-20)26(33)28-23-17-11-10-16-22(23)25(30)21-14-8-3-4-9-15-21/h5-7,10-13,16-17,19,21,24H,3-4,8-9,14-15,18H2,1-2H3,(H,28,33)(H,29,31). The Morgan fingerprint density at radius 3 is 2.27 bits per heavy atom. The molecule has 1 saturated carbocycles. The molecule has 176 valence electrons. The molecule has 2 aromatic carbocycles. The van der Waals surface area contributed by atoms with Crippen LogP contribution in [0.25, 0.3) is 0 Å². The van der Waals surface area contributed by atoms with Crippen molar-refractivity contribution in [2.45, 2.75) is 65.0 Å². The van der Waals surface area contributed by atoms with Gasteiger partial charge in [-0.3, -0.25) is 4.79 Å². The third-order valence-corrected chi connectivity index (χ3v) is 6.47. The number of benzene rings is 2. The molecule has 1 amide bonds. The predicted molar refractivity (Wildman–Crippen MR) is 137 cm³/mol. The van der Waals surface area contributed by atoms with Gasteiger partial charge in [0.05, 0.1) is 6.04 Å². The Morgan fingerprint density at radius 1 is 0.970 bits per heavy atom. The number of ketones is 1. The van der Waals surface area contributed by atoms with Crippen LogP contribution in [0.3, 0.4) is 0 Å². The van der Waals surface area contributed by atoms with Gasteiger partial charge in [-0.15, -0.1) is 0 Å². The van der Waals surface area contributed by atoms with Crippen molar-refractivity contribution in [1.29, 1.82) is 0 Å². The number of rotatable bonds is 8. The molecule has 1 aliphatic carbocycles. The van der Waals surface area contributed by atoms with E-state index >= 15 is 0 Å². The van der Waals surface area contributed by atoms with Gasteiger partial charge in [0.15, 0.2) is 5.78 Å². The van der Waals surface area contributed by atoms with Crippen LogP contribution in [0.15, 0.2) is 54.6 Å². The van der Waals surface area contributed by atoms with Crippen molar-refractivity contribution in [3.8, 4) is 0 Å². The zero-order valence-electron chi connectivity index (χ0n) is 19.5. The number of hydrogen-bond donors (Lipinski definition) is 2. The second kappa shape index (κ2) is 12.5. The lowest BCUT2D eigenvalue weighted by Gasteiger charge is -2.25. The monoisotopic (exact) mass is 466 g/mol. The average Bonchev–Trinajstić information content (AvgIpc) is 3.11. The predicted octanol–water partition coefficient (Wildman–Crippen LogP) is 6.53. The van der Waals surface area contributed by atoms with E-state index in [2.05, 4.69) is 10.6 Å². The largest absolute Gasteiger partial charge is 0.445 e. The molecule has 1 fully saturated rings. The number of amides is 1. The van der Waals surface area contributed by atoms with Crippen LogP contribution in [0.4, 0.5) is 10.5 Å². The first kappa shape index (κ1) is 24.9. The lowest BCUT2D eigenvalue weighted by molar-refractivity contribution is 0.0908. The minimum atomic E-state index is -0.524. The van der Waals surface area contributed by atoms with Crippen LogP contribution in [0.5, 0.6) is 0 Å². The van der Waals surface area contributed by atoms with E-state index in [4.69, 9.17) is 17.0 Å². The number of thiocarbonyl (C=S) groups is 1. The number of Topliss-reactive ketones (excluding diaryl/α,β-unsaturated/α-hetero) is 1. The summed E-state index contributed by atoms with van der Waals surface area (Å²) in [6.07, 6.45) is 5.99. The molecular formula is C27H34N2O3S. The molecule has 1 unspecified atom stereocenters. The summed E-state index contributed by atoms with van der Waals surface area (Å²) in [5.74, 6) is 0.286. The fourth-order valence-electron chi connectivity index (χ4n) is 4.21. The van der Waals surface area contributed by atoms with Crippen LogP contribution in [-0.4, -0.2) is 22.9 Å². The Labute approximate surface area is 202 Å². The number of ether oxygens (including phenoxy) is 1. The number of anilines is 1. The minimum Gasteiger partial charge on any atom is -0.445 e. The van der Waals surface area contributed by atoms with E-state index in [0.29, 0.717) is 16.2 Å². The molecule has 2 aromatic rings. The number of hydrogen-bond acceptors (Lipinski definition) is 4. The van der Waals surface area contributed by atoms with E-state index < -0.39 is 12.1 Å². The van der Waals surface area contributed by atoms with Gasteiger partial charge in [0.1, 0.15) is 11.6 Å². The van der Waals surface area contributed by atoms with Crippen molar-refractivity contribution in [1.82, 2.24) is 5.32 Å². The fourth-order valence-corrected chi connectivity index (χ4v) is 4.65. The summed E-state index contributed by atoms with van der Waals surface area (Å²) in [4.78, 5) is 26.2. The third kappa shape index (κ3) is 7.39. The molecule has 1 aliphatic rings. The highest BCUT2D eigenvalue weighted by atomic mass is 32.1. The molecule has 0 aromatic heterocycles. The SMILES string of the molecule is CC(C)C(NC(=O)OCc1ccccc1)C(=S)Nc1ccccc1C(=O)C1CCCCCC1. The van der Waals surface area contributed by atoms with E-state index in [1.54, 1.807) is 0 Å². The fraction of sp³-hybridized carbons (Fsp3) is 0.444. The van der Waals surface area contributed by atoms with E-state index in [-0.39, 0.29) is 24.2 Å². The lowest BCUT2D eigenvalue weighted by atomic mass is 9.90. The topological polar surface area (TPSA) is 67.4 Å². The molecule has 0 radical (unpaired) electrons. The van der Waals surface area contributed by atoms with Gasteiger partial charge in [-0.1, -0.05) is 94.2 Å². The van der Waals surface area contributed by atoms with Crippen LogP contribution in [0, 0.1) is 11.8 Å². The Bertz CT molecular complexity index is 937. The van der Waals surface area contributed by atoms with Crippen LogP contribution in [0.2, 0.25) is 0 Å². The molecule has 0 aliphatic heterocycles. The maximum absolute atomic E-state index is 13.3. The van der Waals surface area contributed by atoms with Gasteiger partial charge in [0.2, 0.25) is 0 Å². The first-order chi connectivity index (χ1) is 16.0. The molecule has 0 heterocycles. The second-order valence-corrected chi connectivity index (χ2v) is 9.46. The van der Waals surface area contributed by atoms with Crippen molar-refractivity contribution in [3.05, 3.63) is 65.7 Å². The van der Waals surface area contributed by atoms with Gasteiger partial charge >= 0.3 is 6.09 Å². The Morgan fingerprint density at radius 2 is 1.61 bits per heavy atom. The summed E-state index contributed by atoms with van der Waals surface area (Å²) in [5.41, 5.74) is 2.28. The molecule has 0 spiro atoms. The minimum absolute atomic E-state index is 0.0407. The highest BCUT2D eigenvalue weighted by molar-refractivity contribution is 7.80. The summed E-state index contributed by atoms with van der Waals surface area (Å²) in [7, 11) is 0. The van der Waals surface area contributed by atoms with Crippen LogP contribution in [-0.2, 0) is 11.3 Å². The normalized spacial score (nSPS) is 15.4. The van der Waals surface area contributed by atoms with Gasteiger partial charge in [0, 0.05) is 17.2 Å². The van der Waals surface area contributed by atoms with Crippen molar-refractivity contribution >= 4 is 34.8 Å². The number of nitrogens with one attached hydrogen (secondary N) is 2. The summed E-state index contributed by atoms with van der Waals surface area (Å²) >= 11 is 5.66. The number of para-hydroxylation sites is 1. The molecule has 3 rings (SSSR count). The molecule has 0 bridgehead atoms. The number of carbonyl (C=O) groups is 2. The summed E-state index contributed by atoms with van der Waals surface area (Å²) in [6.45, 7) is 4.16. The quantitative estimate of drug-likeness (QED) is 0.263. The smallest absolute Gasteiger partial charge is 0.408 e. The van der Waals surface area contributed by atoms with Crippen molar-refractivity contribution < 1.29 is 14.3 Å². The zero-order chi connectivity index (χ0) is 23.6. The average molecular weight is 467 g/mol. The lowest BCUT2D eigenvalue weighted by Crippen LogP contribution is -2.46. The number of carbonyl (C=O) groups excluding carboxylic acids is 2. The molecule has 5 nitrogen and oxygen atoms in total. The first-order valence-electron chi connectivity index (χ1n) is 11.9.